The summed E-state index contributed by atoms with van der Waals surface area (Å²) in [5, 5.41) is 1.04. The molecule has 19 heavy (non-hydrogen) atoms. The molecular weight excluding hydrogens is 351 g/mol. The van der Waals surface area contributed by atoms with Crippen LogP contribution in [0.25, 0.3) is 0 Å². The molecule has 0 amide bonds. The Bertz CT molecular complexity index is 620. The van der Waals surface area contributed by atoms with E-state index in [9.17, 15) is 0 Å². The van der Waals surface area contributed by atoms with Gasteiger partial charge in [0.1, 0.15) is 16.7 Å². The van der Waals surface area contributed by atoms with Crippen LogP contribution in [0, 0.1) is 6.92 Å². The van der Waals surface area contributed by atoms with Crippen molar-refractivity contribution in [2.45, 2.75) is 20.3 Å². The lowest BCUT2D eigenvalue weighted by Crippen LogP contribution is -2.00. The Hall–Kier alpha value is -0.840. The van der Waals surface area contributed by atoms with Crippen molar-refractivity contribution in [2.75, 3.05) is 0 Å². The maximum absolute atomic E-state index is 6.07. The maximum Gasteiger partial charge on any atom is 0.227 e. The van der Waals surface area contributed by atoms with Crippen LogP contribution in [0.2, 0.25) is 10.2 Å². The molecule has 2 rings (SSSR count). The van der Waals surface area contributed by atoms with E-state index in [0.717, 1.165) is 4.47 Å². The molecule has 0 N–H and O–H groups in total. The second-order valence-corrected chi connectivity index (χ2v) is 5.54. The van der Waals surface area contributed by atoms with E-state index in [1.165, 1.54) is 0 Å². The molecule has 0 atom stereocenters. The first kappa shape index (κ1) is 14.6. The number of halogens is 3. The van der Waals surface area contributed by atoms with Crippen LogP contribution in [-0.4, -0.2) is 9.97 Å². The lowest BCUT2D eigenvalue weighted by Gasteiger charge is -2.11. The van der Waals surface area contributed by atoms with Gasteiger partial charge in [-0.3, -0.25) is 0 Å². The predicted molar refractivity (Wildman–Crippen MR) is 80.4 cm³/mol. The zero-order valence-electron chi connectivity index (χ0n) is 10.4. The predicted octanol–water partition coefficient (Wildman–Crippen LogP) is 5.21. The third-order valence-corrected chi connectivity index (χ3v) is 3.73. The van der Waals surface area contributed by atoms with Crippen LogP contribution >= 0.6 is 39.1 Å². The van der Waals surface area contributed by atoms with Crippen LogP contribution in [0.5, 0.6) is 11.6 Å². The summed E-state index contributed by atoms with van der Waals surface area (Å²) in [6.07, 6.45) is 0.693. The smallest absolute Gasteiger partial charge is 0.227 e. The van der Waals surface area contributed by atoms with Gasteiger partial charge in [0.05, 0.1) is 4.47 Å². The average Bonchev–Trinajstić information content (AvgIpc) is 2.37. The Morgan fingerprint density at radius 1 is 1.26 bits per heavy atom. The maximum atomic E-state index is 6.07. The molecule has 0 saturated carbocycles. The standard InChI is InChI=1S/C13H11BrCl2N2O/c1-3-11-17-12(16)7(2)13(18-11)19-10-5-4-8(15)6-9(10)14/h4-6H,3H2,1-2H3. The summed E-state index contributed by atoms with van der Waals surface area (Å²) in [4.78, 5) is 8.51. The van der Waals surface area contributed by atoms with E-state index < -0.39 is 0 Å². The van der Waals surface area contributed by atoms with Crippen molar-refractivity contribution >= 4 is 39.1 Å². The summed E-state index contributed by atoms with van der Waals surface area (Å²) in [7, 11) is 0. The van der Waals surface area contributed by atoms with Crippen molar-refractivity contribution in [3.05, 3.63) is 44.2 Å². The molecule has 1 aromatic carbocycles. The van der Waals surface area contributed by atoms with Gasteiger partial charge in [-0.05, 0) is 41.1 Å². The van der Waals surface area contributed by atoms with Crippen LogP contribution in [-0.2, 0) is 6.42 Å². The van der Waals surface area contributed by atoms with Gasteiger partial charge < -0.3 is 4.74 Å². The van der Waals surface area contributed by atoms with Crippen molar-refractivity contribution in [1.82, 2.24) is 9.97 Å². The molecule has 0 spiro atoms. The molecule has 100 valence electrons. The molecule has 0 aliphatic rings. The van der Waals surface area contributed by atoms with Crippen molar-refractivity contribution in [2.24, 2.45) is 0 Å². The van der Waals surface area contributed by atoms with E-state index in [1.54, 1.807) is 18.2 Å². The van der Waals surface area contributed by atoms with Gasteiger partial charge in [0, 0.05) is 17.0 Å². The molecule has 0 aliphatic heterocycles. The molecule has 0 saturated heterocycles. The lowest BCUT2D eigenvalue weighted by molar-refractivity contribution is 0.452. The molecule has 0 bridgehead atoms. The third-order valence-electron chi connectivity index (χ3n) is 2.50. The van der Waals surface area contributed by atoms with Gasteiger partial charge in [0.2, 0.25) is 5.88 Å². The number of rotatable bonds is 3. The van der Waals surface area contributed by atoms with E-state index in [1.807, 2.05) is 13.8 Å². The lowest BCUT2D eigenvalue weighted by atomic mass is 10.3. The first-order valence-corrected chi connectivity index (χ1v) is 7.22. The third kappa shape index (κ3) is 3.38. The monoisotopic (exact) mass is 360 g/mol. The highest BCUT2D eigenvalue weighted by molar-refractivity contribution is 9.10. The van der Waals surface area contributed by atoms with Gasteiger partial charge in [-0.25, -0.2) is 4.98 Å². The first-order chi connectivity index (χ1) is 9.01. The zero-order valence-corrected chi connectivity index (χ0v) is 13.5. The quantitative estimate of drug-likeness (QED) is 0.704. The van der Waals surface area contributed by atoms with Crippen LogP contribution < -0.4 is 4.74 Å². The highest BCUT2D eigenvalue weighted by Gasteiger charge is 2.12. The van der Waals surface area contributed by atoms with Gasteiger partial charge in [0.25, 0.3) is 0 Å². The highest BCUT2D eigenvalue weighted by Crippen LogP contribution is 2.33. The summed E-state index contributed by atoms with van der Waals surface area (Å²) >= 11 is 15.4. The second kappa shape index (κ2) is 6.07. The molecule has 1 heterocycles. The van der Waals surface area contributed by atoms with E-state index in [-0.39, 0.29) is 0 Å². The van der Waals surface area contributed by atoms with E-state index in [4.69, 9.17) is 27.9 Å². The Morgan fingerprint density at radius 3 is 2.63 bits per heavy atom. The topological polar surface area (TPSA) is 35.0 Å². The Balaban J connectivity index is 2.40. The molecule has 2 aromatic rings. The molecule has 0 radical (unpaired) electrons. The number of hydrogen-bond donors (Lipinski definition) is 0. The molecule has 3 nitrogen and oxygen atoms in total. The second-order valence-electron chi connectivity index (χ2n) is 3.89. The van der Waals surface area contributed by atoms with Crippen molar-refractivity contribution in [3.8, 4) is 11.6 Å². The fraction of sp³-hybridized carbons (Fsp3) is 0.231. The van der Waals surface area contributed by atoms with Crippen molar-refractivity contribution < 1.29 is 4.74 Å². The minimum Gasteiger partial charge on any atom is -0.437 e. The molecular formula is C13H11BrCl2N2O. The van der Waals surface area contributed by atoms with E-state index >= 15 is 0 Å². The van der Waals surface area contributed by atoms with E-state index in [2.05, 4.69) is 25.9 Å². The normalized spacial score (nSPS) is 10.6. The van der Waals surface area contributed by atoms with Crippen molar-refractivity contribution in [1.29, 1.82) is 0 Å². The summed E-state index contributed by atoms with van der Waals surface area (Å²) in [6, 6.07) is 5.28. The first-order valence-electron chi connectivity index (χ1n) is 5.67. The average molecular weight is 362 g/mol. The minimum absolute atomic E-state index is 0.409. The molecule has 0 aliphatic carbocycles. The number of aromatic nitrogens is 2. The molecule has 6 heteroatoms. The molecule has 0 unspecified atom stereocenters. The number of nitrogens with zero attached hydrogens (tertiary/aromatic N) is 2. The molecule has 1 aromatic heterocycles. The summed E-state index contributed by atoms with van der Waals surface area (Å²) < 4.78 is 6.53. The Morgan fingerprint density at radius 2 is 2.00 bits per heavy atom. The van der Waals surface area contributed by atoms with Crippen LogP contribution in [0.15, 0.2) is 22.7 Å². The number of benzene rings is 1. The van der Waals surface area contributed by atoms with Gasteiger partial charge >= 0.3 is 0 Å². The summed E-state index contributed by atoms with van der Waals surface area (Å²) in [5.41, 5.74) is 0.709. The fourth-order valence-corrected chi connectivity index (χ4v) is 2.37. The van der Waals surface area contributed by atoms with Crippen LogP contribution in [0.1, 0.15) is 18.3 Å². The van der Waals surface area contributed by atoms with Crippen LogP contribution in [0.3, 0.4) is 0 Å². The van der Waals surface area contributed by atoms with Gasteiger partial charge in [-0.1, -0.05) is 30.1 Å². The highest BCUT2D eigenvalue weighted by atomic mass is 79.9. The van der Waals surface area contributed by atoms with Gasteiger partial charge in [0.15, 0.2) is 0 Å². The Kier molecular flexibility index (Phi) is 4.66. The minimum atomic E-state index is 0.409. The molecule has 0 fully saturated rings. The summed E-state index contributed by atoms with van der Waals surface area (Å²) in [6.45, 7) is 3.78. The van der Waals surface area contributed by atoms with E-state index in [0.29, 0.717) is 39.6 Å². The van der Waals surface area contributed by atoms with Gasteiger partial charge in [-0.2, -0.15) is 4.98 Å². The number of ether oxygens (including phenoxy) is 1. The Labute approximate surface area is 130 Å². The van der Waals surface area contributed by atoms with Gasteiger partial charge in [-0.15, -0.1) is 0 Å². The number of hydrogen-bond acceptors (Lipinski definition) is 3. The largest absolute Gasteiger partial charge is 0.437 e. The summed E-state index contributed by atoms with van der Waals surface area (Å²) in [5.74, 6) is 1.74. The SMILES string of the molecule is CCc1nc(Cl)c(C)c(Oc2ccc(Cl)cc2Br)n1. The van der Waals surface area contributed by atoms with Crippen LogP contribution in [0.4, 0.5) is 0 Å². The van der Waals surface area contributed by atoms with Crippen molar-refractivity contribution in [3.63, 3.8) is 0 Å². The fourth-order valence-electron chi connectivity index (χ4n) is 1.43. The zero-order chi connectivity index (χ0) is 14.0. The number of aryl methyl sites for hydroxylation is 1.